The molecule has 6 aromatic carbocycles. The highest BCUT2D eigenvalue weighted by atomic mass is 15.3. The predicted molar refractivity (Wildman–Crippen MR) is 205 cm³/mol. The lowest BCUT2D eigenvalue weighted by Crippen LogP contribution is -2.49. The molecule has 50 heavy (non-hydrogen) atoms. The third-order valence-corrected chi connectivity index (χ3v) is 9.82. The fraction of sp³-hybridized carbons (Fsp3) is 0.0698. The zero-order chi connectivity index (χ0) is 33.0. The SMILES string of the molecule is C1=NC(n2c3ccccc3c3cc4c5ccccc5n(-c5ccccc5)c4cc32)[N-]C=C1C1N=C(c2ccccc2)NC(c2ccccc2)N1. The van der Waals surface area contributed by atoms with Crippen LogP contribution in [0.25, 0.3) is 54.6 Å². The molecule has 7 heteroatoms. The summed E-state index contributed by atoms with van der Waals surface area (Å²) >= 11 is 0. The van der Waals surface area contributed by atoms with E-state index in [0.29, 0.717) is 0 Å². The van der Waals surface area contributed by atoms with Crippen LogP contribution in [0.1, 0.15) is 23.6 Å². The number of aliphatic imine (C=N–C) groups is 2. The van der Waals surface area contributed by atoms with Gasteiger partial charge in [0.15, 0.2) is 0 Å². The molecule has 2 aliphatic rings. The minimum atomic E-state index is -0.461. The molecule has 0 aliphatic carbocycles. The first kappa shape index (κ1) is 28.6. The Balaban J connectivity index is 1.08. The van der Waals surface area contributed by atoms with Crippen molar-refractivity contribution in [2.45, 2.75) is 18.6 Å². The Labute approximate surface area is 288 Å². The molecule has 0 spiro atoms. The zero-order valence-electron chi connectivity index (χ0n) is 27.1. The van der Waals surface area contributed by atoms with Crippen LogP contribution >= 0.6 is 0 Å². The highest BCUT2D eigenvalue weighted by Gasteiger charge is 2.26. The Morgan fingerprint density at radius 1 is 0.580 bits per heavy atom. The zero-order valence-corrected chi connectivity index (χ0v) is 27.1. The van der Waals surface area contributed by atoms with E-state index < -0.39 is 6.29 Å². The standard InChI is InChI=1S/C43H32N7/c1-4-14-28(15-5-1)40-46-41(29-16-6-2-7-17-29)48-42(47-40)30-26-44-43(45-27-30)50-37-23-13-11-21-33(37)35-24-34-32-20-10-12-22-36(32)49(38(34)25-39(35)50)31-18-8-3-9-19-31/h1-27,40,42-43,47H,(H,46,48)/q-1. The predicted octanol–water partition coefficient (Wildman–Crippen LogP) is 9.35. The maximum absolute atomic E-state index is 5.10. The maximum Gasteiger partial charge on any atom is 0.131 e. The summed E-state index contributed by atoms with van der Waals surface area (Å²) in [5.74, 6) is 0.833. The van der Waals surface area contributed by atoms with Crippen LogP contribution in [0.4, 0.5) is 0 Å². The Morgan fingerprint density at radius 3 is 1.96 bits per heavy atom. The molecular formula is C43H32N7-. The van der Waals surface area contributed by atoms with Gasteiger partial charge >= 0.3 is 0 Å². The molecule has 0 saturated heterocycles. The minimum absolute atomic E-state index is 0.128. The average Bonchev–Trinajstić information content (AvgIpc) is 3.70. The lowest BCUT2D eigenvalue weighted by atomic mass is 10.1. The van der Waals surface area contributed by atoms with Crippen molar-refractivity contribution in [3.8, 4) is 5.69 Å². The molecule has 0 amide bonds. The van der Waals surface area contributed by atoms with E-state index >= 15 is 0 Å². The average molecular weight is 647 g/mol. The van der Waals surface area contributed by atoms with Gasteiger partial charge in [0.05, 0.1) is 22.8 Å². The summed E-state index contributed by atoms with van der Waals surface area (Å²) in [7, 11) is 0. The van der Waals surface area contributed by atoms with Gasteiger partial charge in [0.1, 0.15) is 18.2 Å². The van der Waals surface area contributed by atoms with Crippen molar-refractivity contribution in [1.82, 2.24) is 19.8 Å². The minimum Gasteiger partial charge on any atom is -0.652 e. The molecule has 4 heterocycles. The van der Waals surface area contributed by atoms with Crippen LogP contribution in [0.5, 0.6) is 0 Å². The molecule has 0 radical (unpaired) electrons. The van der Waals surface area contributed by atoms with Crippen LogP contribution in [0.2, 0.25) is 0 Å². The highest BCUT2D eigenvalue weighted by molar-refractivity contribution is 6.18. The van der Waals surface area contributed by atoms with Gasteiger partial charge in [-0.3, -0.25) is 10.3 Å². The van der Waals surface area contributed by atoms with Crippen LogP contribution in [-0.4, -0.2) is 27.4 Å². The molecule has 10 rings (SSSR count). The molecule has 7 nitrogen and oxygen atoms in total. The number of fused-ring (bicyclic) bond motifs is 6. The molecule has 8 aromatic rings. The molecule has 3 atom stereocenters. The monoisotopic (exact) mass is 646 g/mol. The number of aromatic nitrogens is 2. The van der Waals surface area contributed by atoms with Crippen LogP contribution in [0.15, 0.2) is 173 Å². The third kappa shape index (κ3) is 4.63. The van der Waals surface area contributed by atoms with Crippen LogP contribution in [0.3, 0.4) is 0 Å². The topological polar surface area (TPSA) is 72.7 Å². The Bertz CT molecular complexity index is 2630. The van der Waals surface area contributed by atoms with Crippen molar-refractivity contribution >= 4 is 55.7 Å². The molecule has 0 saturated carbocycles. The maximum atomic E-state index is 5.10. The number of hydrogen-bond donors (Lipinski definition) is 2. The molecule has 2 aromatic heterocycles. The van der Waals surface area contributed by atoms with E-state index in [1.54, 1.807) is 0 Å². The van der Waals surface area contributed by atoms with Gasteiger partial charge in [0.2, 0.25) is 0 Å². The van der Waals surface area contributed by atoms with Crippen molar-refractivity contribution in [1.29, 1.82) is 0 Å². The van der Waals surface area contributed by atoms with Crippen LogP contribution in [0, 0.1) is 0 Å². The summed E-state index contributed by atoms with van der Waals surface area (Å²) in [6, 6.07) is 53.1. The van der Waals surface area contributed by atoms with Crippen molar-refractivity contribution in [3.05, 3.63) is 180 Å². The number of para-hydroxylation sites is 3. The smallest absolute Gasteiger partial charge is 0.131 e. The molecule has 0 bridgehead atoms. The van der Waals surface area contributed by atoms with Gasteiger partial charge in [0, 0.05) is 44.5 Å². The Hall–Kier alpha value is -6.44. The van der Waals surface area contributed by atoms with Gasteiger partial charge in [-0.2, -0.15) is 6.20 Å². The first-order valence-corrected chi connectivity index (χ1v) is 17.0. The fourth-order valence-corrected chi connectivity index (χ4v) is 7.51. The first-order valence-electron chi connectivity index (χ1n) is 17.0. The molecule has 0 fully saturated rings. The van der Waals surface area contributed by atoms with Gasteiger partial charge in [-0.25, -0.2) is 4.99 Å². The van der Waals surface area contributed by atoms with Crippen LogP contribution < -0.4 is 10.6 Å². The molecule has 2 aliphatic heterocycles. The van der Waals surface area contributed by atoms with Crippen molar-refractivity contribution in [2.24, 2.45) is 9.98 Å². The second-order valence-corrected chi connectivity index (χ2v) is 12.8. The van der Waals surface area contributed by atoms with E-state index in [1.807, 2.05) is 36.7 Å². The van der Waals surface area contributed by atoms with E-state index in [2.05, 4.69) is 147 Å². The van der Waals surface area contributed by atoms with Crippen molar-refractivity contribution in [2.75, 3.05) is 0 Å². The van der Waals surface area contributed by atoms with E-state index in [4.69, 9.17) is 15.3 Å². The molecule has 3 unspecified atom stereocenters. The van der Waals surface area contributed by atoms with Gasteiger partial charge in [-0.15, -0.1) is 0 Å². The molecule has 2 N–H and O–H groups in total. The lowest BCUT2D eigenvalue weighted by Gasteiger charge is -2.37. The van der Waals surface area contributed by atoms with Gasteiger partial charge in [-0.05, 0) is 47.5 Å². The number of nitrogens with zero attached hydrogens (tertiary/aromatic N) is 5. The summed E-state index contributed by atoms with van der Waals surface area (Å²) < 4.78 is 4.63. The largest absolute Gasteiger partial charge is 0.652 e. The number of benzene rings is 6. The quantitative estimate of drug-likeness (QED) is 0.196. The fourth-order valence-electron chi connectivity index (χ4n) is 7.51. The number of amidine groups is 1. The van der Waals surface area contributed by atoms with E-state index in [0.717, 1.165) is 44.8 Å². The summed E-state index contributed by atoms with van der Waals surface area (Å²) in [5.41, 5.74) is 8.73. The van der Waals surface area contributed by atoms with Gasteiger partial charge in [-0.1, -0.05) is 115 Å². The van der Waals surface area contributed by atoms with Crippen molar-refractivity contribution < 1.29 is 0 Å². The van der Waals surface area contributed by atoms with Gasteiger partial charge < -0.3 is 19.8 Å². The summed E-state index contributed by atoms with van der Waals surface area (Å²) in [4.78, 5) is 10.2. The lowest BCUT2D eigenvalue weighted by molar-refractivity contribution is 0.437. The van der Waals surface area contributed by atoms with E-state index in [1.165, 1.54) is 27.1 Å². The number of rotatable bonds is 5. The number of nitrogens with one attached hydrogen (secondary N) is 2. The highest BCUT2D eigenvalue weighted by Crippen LogP contribution is 2.41. The van der Waals surface area contributed by atoms with Crippen LogP contribution in [-0.2, 0) is 0 Å². The molecule has 240 valence electrons. The van der Waals surface area contributed by atoms with E-state index in [-0.39, 0.29) is 12.3 Å². The second kappa shape index (κ2) is 11.6. The molecular weight excluding hydrogens is 615 g/mol. The van der Waals surface area contributed by atoms with Gasteiger partial charge in [0.25, 0.3) is 0 Å². The Morgan fingerprint density at radius 2 is 1.22 bits per heavy atom. The summed E-state index contributed by atoms with van der Waals surface area (Å²) in [6.07, 6.45) is 2.96. The van der Waals surface area contributed by atoms with E-state index in [9.17, 15) is 0 Å². The summed E-state index contributed by atoms with van der Waals surface area (Å²) in [6.45, 7) is 0. The summed E-state index contributed by atoms with van der Waals surface area (Å²) in [5, 5.41) is 17.2. The Kier molecular flexibility index (Phi) is 6.63. The number of hydrogen-bond acceptors (Lipinski definition) is 4. The first-order chi connectivity index (χ1) is 24.8. The normalized spacial score (nSPS) is 19.0. The third-order valence-electron chi connectivity index (χ3n) is 9.82. The van der Waals surface area contributed by atoms with Crippen molar-refractivity contribution in [3.63, 3.8) is 0 Å². The second-order valence-electron chi connectivity index (χ2n) is 12.8.